The Bertz CT molecular complexity index is 515. The average molecular weight is 302 g/mol. The van der Waals surface area contributed by atoms with Crippen LogP contribution in [0.25, 0.3) is 0 Å². The predicted octanol–water partition coefficient (Wildman–Crippen LogP) is 1.74. The summed E-state index contributed by atoms with van der Waals surface area (Å²) in [7, 11) is -1.58. The monoisotopic (exact) mass is 302 g/mol. The lowest BCUT2D eigenvalue weighted by atomic mass is 10.1. The van der Waals surface area contributed by atoms with Gasteiger partial charge in [-0.15, -0.1) is 0 Å². The van der Waals surface area contributed by atoms with Crippen LogP contribution in [0.1, 0.15) is 18.1 Å². The highest BCUT2D eigenvalue weighted by molar-refractivity contribution is 7.99. The van der Waals surface area contributed by atoms with E-state index in [1.54, 1.807) is 23.9 Å². The Balaban J connectivity index is 2.98. The minimum atomic E-state index is -3.43. The van der Waals surface area contributed by atoms with Crippen molar-refractivity contribution in [1.29, 1.82) is 0 Å². The molecule has 1 rings (SSSR count). The minimum absolute atomic E-state index is 0.260. The van der Waals surface area contributed by atoms with Crippen molar-refractivity contribution in [2.24, 2.45) is 0 Å². The number of sulfonamides is 1. The molecule has 4 nitrogen and oxygen atoms in total. The van der Waals surface area contributed by atoms with Gasteiger partial charge in [0.15, 0.2) is 0 Å². The number of nitrogens with one attached hydrogen (secondary N) is 2. The highest BCUT2D eigenvalue weighted by Gasteiger charge is 2.18. The molecule has 0 aliphatic heterocycles. The summed E-state index contributed by atoms with van der Waals surface area (Å²) >= 11 is 1.64. The standard InChI is InChI=1S/C13H22N2O2S2/c1-10(18-4)8-15-19(16,17)13-7-5-6-12(9-14-3)11(13)2/h5-7,10,14-15H,8-9H2,1-4H3. The van der Waals surface area contributed by atoms with Gasteiger partial charge in [0.25, 0.3) is 0 Å². The van der Waals surface area contributed by atoms with Gasteiger partial charge in [0.2, 0.25) is 10.0 Å². The molecule has 1 aromatic carbocycles. The predicted molar refractivity (Wildman–Crippen MR) is 82.1 cm³/mol. The zero-order valence-electron chi connectivity index (χ0n) is 11.9. The van der Waals surface area contributed by atoms with Crippen molar-refractivity contribution in [3.05, 3.63) is 29.3 Å². The molecule has 0 aromatic heterocycles. The normalized spacial score (nSPS) is 13.5. The number of hydrogen-bond donors (Lipinski definition) is 2. The van der Waals surface area contributed by atoms with Crippen LogP contribution in [0.15, 0.2) is 23.1 Å². The summed E-state index contributed by atoms with van der Waals surface area (Å²) in [5.41, 5.74) is 1.81. The molecule has 0 amide bonds. The number of hydrogen-bond acceptors (Lipinski definition) is 4. The van der Waals surface area contributed by atoms with Crippen molar-refractivity contribution in [2.45, 2.75) is 30.5 Å². The van der Waals surface area contributed by atoms with Crippen molar-refractivity contribution in [1.82, 2.24) is 10.0 Å². The van der Waals surface area contributed by atoms with Gasteiger partial charge in [-0.1, -0.05) is 19.1 Å². The minimum Gasteiger partial charge on any atom is -0.316 e. The van der Waals surface area contributed by atoms with Crippen molar-refractivity contribution in [3.63, 3.8) is 0 Å². The first-order chi connectivity index (χ1) is 8.92. The van der Waals surface area contributed by atoms with E-state index in [1.165, 1.54) is 0 Å². The van der Waals surface area contributed by atoms with Gasteiger partial charge in [0.05, 0.1) is 4.90 Å². The molecule has 0 aliphatic carbocycles. The molecule has 1 atom stereocenters. The molecule has 0 spiro atoms. The Morgan fingerprint density at radius 1 is 1.37 bits per heavy atom. The van der Waals surface area contributed by atoms with Crippen LogP contribution in [0.2, 0.25) is 0 Å². The van der Waals surface area contributed by atoms with Gasteiger partial charge in [0, 0.05) is 18.3 Å². The number of benzene rings is 1. The molecule has 0 heterocycles. The fourth-order valence-electron chi connectivity index (χ4n) is 1.72. The maximum atomic E-state index is 12.3. The number of rotatable bonds is 7. The van der Waals surface area contributed by atoms with Gasteiger partial charge < -0.3 is 5.32 Å². The van der Waals surface area contributed by atoms with Crippen LogP contribution in [-0.4, -0.2) is 33.5 Å². The molecule has 0 saturated carbocycles. The lowest BCUT2D eigenvalue weighted by molar-refractivity contribution is 0.580. The van der Waals surface area contributed by atoms with Crippen LogP contribution < -0.4 is 10.0 Å². The van der Waals surface area contributed by atoms with Crippen molar-refractivity contribution in [2.75, 3.05) is 19.8 Å². The molecule has 6 heteroatoms. The van der Waals surface area contributed by atoms with Crippen molar-refractivity contribution < 1.29 is 8.42 Å². The van der Waals surface area contributed by atoms with Crippen LogP contribution in [0.4, 0.5) is 0 Å². The highest BCUT2D eigenvalue weighted by Crippen LogP contribution is 2.19. The maximum absolute atomic E-state index is 12.3. The van der Waals surface area contributed by atoms with Crippen molar-refractivity contribution in [3.8, 4) is 0 Å². The third-order valence-corrected chi connectivity index (χ3v) is 5.56. The van der Waals surface area contributed by atoms with Crippen LogP contribution in [0.3, 0.4) is 0 Å². The van der Waals surface area contributed by atoms with E-state index < -0.39 is 10.0 Å². The largest absolute Gasteiger partial charge is 0.316 e. The summed E-state index contributed by atoms with van der Waals surface area (Å²) in [6.45, 7) is 4.95. The Hall–Kier alpha value is -0.560. The van der Waals surface area contributed by atoms with Crippen molar-refractivity contribution >= 4 is 21.8 Å². The molecule has 0 saturated heterocycles. The Kier molecular flexibility index (Phi) is 6.32. The second-order valence-corrected chi connectivity index (χ2v) is 7.48. The quantitative estimate of drug-likeness (QED) is 0.805. The van der Waals surface area contributed by atoms with E-state index in [1.807, 2.05) is 33.2 Å². The molecular weight excluding hydrogens is 280 g/mol. The van der Waals surface area contributed by atoms with Crippen LogP contribution in [-0.2, 0) is 16.6 Å². The summed E-state index contributed by atoms with van der Waals surface area (Å²) in [6.07, 6.45) is 1.97. The third kappa shape index (κ3) is 4.49. The molecule has 108 valence electrons. The molecule has 0 fully saturated rings. The van der Waals surface area contributed by atoms with E-state index in [4.69, 9.17) is 0 Å². The fourth-order valence-corrected chi connectivity index (χ4v) is 3.49. The van der Waals surface area contributed by atoms with Gasteiger partial charge in [-0.3, -0.25) is 0 Å². The van der Waals surface area contributed by atoms with E-state index in [0.29, 0.717) is 18.0 Å². The summed E-state index contributed by atoms with van der Waals surface area (Å²) < 4.78 is 27.2. The van der Waals surface area contributed by atoms with Gasteiger partial charge in [-0.05, 0) is 37.4 Å². The van der Waals surface area contributed by atoms with Crippen LogP contribution in [0.5, 0.6) is 0 Å². The highest BCUT2D eigenvalue weighted by atomic mass is 32.2. The lowest BCUT2D eigenvalue weighted by Gasteiger charge is -2.14. The fraction of sp³-hybridized carbons (Fsp3) is 0.538. The molecular formula is C13H22N2O2S2. The van der Waals surface area contributed by atoms with Crippen LogP contribution in [0, 0.1) is 6.92 Å². The summed E-state index contributed by atoms with van der Waals surface area (Å²) in [5, 5.41) is 3.30. The zero-order valence-corrected chi connectivity index (χ0v) is 13.5. The SMILES string of the molecule is CNCc1cccc(S(=O)(=O)NCC(C)SC)c1C. The topological polar surface area (TPSA) is 58.2 Å². The molecule has 1 aromatic rings. The molecule has 0 radical (unpaired) electrons. The number of thioether (sulfide) groups is 1. The average Bonchev–Trinajstić information content (AvgIpc) is 2.38. The molecule has 2 N–H and O–H groups in total. The van der Waals surface area contributed by atoms with Gasteiger partial charge >= 0.3 is 0 Å². The first kappa shape index (κ1) is 16.5. The van der Waals surface area contributed by atoms with Crippen LogP contribution >= 0.6 is 11.8 Å². The Labute approximate surface area is 120 Å². The van der Waals surface area contributed by atoms with Gasteiger partial charge in [-0.2, -0.15) is 11.8 Å². The Morgan fingerprint density at radius 2 is 2.05 bits per heavy atom. The smallest absolute Gasteiger partial charge is 0.240 e. The van der Waals surface area contributed by atoms with E-state index >= 15 is 0 Å². The van der Waals surface area contributed by atoms with Gasteiger partial charge in [0.1, 0.15) is 0 Å². The first-order valence-corrected chi connectivity index (χ1v) is 8.95. The first-order valence-electron chi connectivity index (χ1n) is 6.18. The molecule has 19 heavy (non-hydrogen) atoms. The third-order valence-electron chi connectivity index (χ3n) is 3.02. The molecule has 0 bridgehead atoms. The van der Waals surface area contributed by atoms with E-state index in [2.05, 4.69) is 10.0 Å². The molecule has 1 unspecified atom stereocenters. The second-order valence-electron chi connectivity index (χ2n) is 4.47. The zero-order chi connectivity index (χ0) is 14.5. The summed E-state index contributed by atoms with van der Waals surface area (Å²) in [4.78, 5) is 0.369. The summed E-state index contributed by atoms with van der Waals surface area (Å²) in [5.74, 6) is 0. The van der Waals surface area contributed by atoms with E-state index in [0.717, 1.165) is 11.1 Å². The maximum Gasteiger partial charge on any atom is 0.240 e. The second kappa shape index (κ2) is 7.28. The Morgan fingerprint density at radius 3 is 2.63 bits per heavy atom. The molecule has 0 aliphatic rings. The van der Waals surface area contributed by atoms with E-state index in [-0.39, 0.29) is 5.25 Å². The lowest BCUT2D eigenvalue weighted by Crippen LogP contribution is -2.30. The summed E-state index contributed by atoms with van der Waals surface area (Å²) in [6, 6.07) is 5.38. The van der Waals surface area contributed by atoms with E-state index in [9.17, 15) is 8.42 Å². The van der Waals surface area contributed by atoms with Gasteiger partial charge in [-0.25, -0.2) is 13.1 Å².